The first-order valence-electron chi connectivity index (χ1n) is 12.6. The summed E-state index contributed by atoms with van der Waals surface area (Å²) < 4.78 is 127. The van der Waals surface area contributed by atoms with E-state index in [2.05, 4.69) is 20.1 Å². The third-order valence-corrected chi connectivity index (χ3v) is 7.26. The van der Waals surface area contributed by atoms with Gasteiger partial charge in [-0.1, -0.05) is 0 Å². The minimum atomic E-state index is -5.29. The van der Waals surface area contributed by atoms with Crippen LogP contribution in [0.15, 0.2) is 30.6 Å². The number of rotatable bonds is 5. The number of anilines is 1. The number of hydrogen-bond acceptors (Lipinski definition) is 6. The van der Waals surface area contributed by atoms with Gasteiger partial charge in [0, 0.05) is 30.9 Å². The number of aromatic nitrogens is 3. The summed E-state index contributed by atoms with van der Waals surface area (Å²) in [5.41, 5.74) is 2.37. The molecule has 9 nitrogen and oxygen atoms in total. The van der Waals surface area contributed by atoms with Gasteiger partial charge in [-0.05, 0) is 30.7 Å². The molecule has 5 rings (SSSR count). The average Bonchev–Trinajstić information content (AvgIpc) is 3.58. The number of hydrogen-bond donors (Lipinski definition) is 2. The number of carbonyl (C=O) groups is 2. The van der Waals surface area contributed by atoms with Crippen LogP contribution in [0.3, 0.4) is 0 Å². The van der Waals surface area contributed by atoms with Crippen molar-refractivity contribution in [2.45, 2.75) is 49.9 Å². The predicted molar refractivity (Wildman–Crippen MR) is 130 cm³/mol. The lowest BCUT2D eigenvalue weighted by Crippen LogP contribution is -2.42. The van der Waals surface area contributed by atoms with Crippen LogP contribution in [0.2, 0.25) is 0 Å². The zero-order chi connectivity index (χ0) is 31.5. The molecule has 3 atom stereocenters. The molecule has 1 aliphatic carbocycles. The van der Waals surface area contributed by atoms with E-state index in [1.54, 1.807) is 0 Å². The van der Waals surface area contributed by atoms with Gasteiger partial charge in [-0.3, -0.25) is 9.59 Å². The number of fused-ring (bicyclic) bond motifs is 1. The summed E-state index contributed by atoms with van der Waals surface area (Å²) in [5, 5.41) is 5.93. The normalized spacial score (nSPS) is 22.3. The lowest BCUT2D eigenvalue weighted by atomic mass is 10.1. The first kappa shape index (κ1) is 30.2. The molecule has 1 saturated heterocycles. The van der Waals surface area contributed by atoms with Crippen molar-refractivity contribution in [1.82, 2.24) is 24.8 Å². The molecule has 3 heterocycles. The number of halogens is 9. The number of alkyl halides is 9. The summed E-state index contributed by atoms with van der Waals surface area (Å²) in [6.45, 7) is -0.993. The minimum Gasteiger partial charge on any atom is -0.405 e. The summed E-state index contributed by atoms with van der Waals surface area (Å²) in [6, 6.07) is 1.62. The fourth-order valence-corrected chi connectivity index (χ4v) is 5.32. The Hall–Kier alpha value is -4.25. The van der Waals surface area contributed by atoms with Crippen molar-refractivity contribution in [1.29, 1.82) is 0 Å². The fraction of sp³-hybridized carbons (Fsp3) is 0.440. The molecule has 2 fully saturated rings. The molecule has 0 spiro atoms. The number of ether oxygens (including phenoxy) is 1. The van der Waals surface area contributed by atoms with Crippen LogP contribution in [0.25, 0.3) is 16.8 Å². The van der Waals surface area contributed by atoms with E-state index in [0.717, 1.165) is 27.9 Å². The van der Waals surface area contributed by atoms with Gasteiger partial charge >= 0.3 is 12.5 Å². The molecule has 232 valence electrons. The summed E-state index contributed by atoms with van der Waals surface area (Å²) in [5.74, 6) is -7.71. The maximum absolute atomic E-state index is 14.9. The van der Waals surface area contributed by atoms with Crippen LogP contribution in [-0.4, -0.2) is 68.9 Å². The number of benzene rings is 1. The molecule has 2 amide bonds. The van der Waals surface area contributed by atoms with Gasteiger partial charge in [-0.15, -0.1) is 13.2 Å². The molecule has 43 heavy (non-hydrogen) atoms. The molecular formula is C25H21F9N6O3. The van der Waals surface area contributed by atoms with Crippen molar-refractivity contribution in [3.05, 3.63) is 41.7 Å². The largest absolute Gasteiger partial charge is 0.573 e. The Balaban J connectivity index is 1.46. The highest BCUT2D eigenvalue weighted by Crippen LogP contribution is 2.41. The lowest BCUT2D eigenvalue weighted by molar-refractivity contribution is -0.274. The Morgan fingerprint density at radius 3 is 2.44 bits per heavy atom. The molecule has 2 aliphatic rings. The van der Waals surface area contributed by atoms with E-state index in [0.29, 0.717) is 12.1 Å². The van der Waals surface area contributed by atoms with Crippen LogP contribution in [-0.2, 0) is 11.0 Å². The molecule has 2 aromatic heterocycles. The first-order valence-corrected chi connectivity index (χ1v) is 12.6. The number of carbonyl (C=O) groups excluding carboxylic acids is 2. The van der Waals surface area contributed by atoms with E-state index in [-0.39, 0.29) is 17.7 Å². The molecule has 1 saturated carbocycles. The van der Waals surface area contributed by atoms with E-state index in [9.17, 15) is 49.1 Å². The molecule has 3 N–H and O–H groups in total. The number of nitrogens with one attached hydrogen (secondary N) is 1. The van der Waals surface area contributed by atoms with E-state index < -0.39 is 103 Å². The van der Waals surface area contributed by atoms with E-state index in [1.807, 2.05) is 0 Å². The highest BCUT2D eigenvalue weighted by molar-refractivity contribution is 5.98. The molecule has 18 heteroatoms. The molecule has 0 bridgehead atoms. The van der Waals surface area contributed by atoms with Crippen LogP contribution < -0.4 is 15.8 Å². The number of amides is 2. The van der Waals surface area contributed by atoms with E-state index in [1.165, 1.54) is 0 Å². The van der Waals surface area contributed by atoms with Gasteiger partial charge in [-0.25, -0.2) is 22.7 Å². The zero-order valence-electron chi connectivity index (χ0n) is 21.6. The summed E-state index contributed by atoms with van der Waals surface area (Å²) >= 11 is 0. The molecule has 1 unspecified atom stereocenters. The smallest absolute Gasteiger partial charge is 0.405 e. The number of likely N-dealkylation sites (tertiary alicyclic amines) is 1. The second kappa shape index (κ2) is 10.5. The van der Waals surface area contributed by atoms with Gasteiger partial charge in [0.15, 0.2) is 5.82 Å². The summed E-state index contributed by atoms with van der Waals surface area (Å²) in [6.07, 6.45) is -12.6. The first-order chi connectivity index (χ1) is 19.9. The van der Waals surface area contributed by atoms with Crippen LogP contribution in [0.1, 0.15) is 35.2 Å². The van der Waals surface area contributed by atoms with Crippen molar-refractivity contribution >= 4 is 23.1 Å². The molecule has 1 aliphatic heterocycles. The standard InChI is InChI=1S/C25H21F9N6O3/c26-15-8-39(22(42)12-3-4-23(27,28)7-12)9-16(15)38-21(41)13-5-11(1-2-18(13)43-25(32,33)34)17-6-14(24(29,30)31)19-20(35)36-10-37-40(17)19/h1-2,5-6,10,12,15-16H,3-4,7-9H2,(H,38,41)(H2,35,36,37)/t12?,15-,16+/m0/s1. The molecule has 3 aromatic rings. The van der Waals surface area contributed by atoms with Crippen molar-refractivity contribution < 1.29 is 53.8 Å². The van der Waals surface area contributed by atoms with Gasteiger partial charge in [0.05, 0.1) is 29.4 Å². The van der Waals surface area contributed by atoms with Crippen molar-refractivity contribution in [2.75, 3.05) is 18.8 Å². The summed E-state index contributed by atoms with van der Waals surface area (Å²) in [7, 11) is 0. The van der Waals surface area contributed by atoms with Crippen LogP contribution in [0.4, 0.5) is 45.3 Å². The monoisotopic (exact) mass is 624 g/mol. The maximum atomic E-state index is 14.9. The molecule has 0 radical (unpaired) electrons. The van der Waals surface area contributed by atoms with E-state index >= 15 is 0 Å². The third kappa shape index (κ3) is 6.13. The van der Waals surface area contributed by atoms with Crippen LogP contribution in [0.5, 0.6) is 5.75 Å². The highest BCUT2D eigenvalue weighted by Gasteiger charge is 2.46. The third-order valence-electron chi connectivity index (χ3n) is 7.26. The van der Waals surface area contributed by atoms with Gasteiger partial charge in [0.1, 0.15) is 23.8 Å². The van der Waals surface area contributed by atoms with E-state index in [4.69, 9.17) is 5.73 Å². The fourth-order valence-electron chi connectivity index (χ4n) is 5.32. The topological polar surface area (TPSA) is 115 Å². The predicted octanol–water partition coefficient (Wildman–Crippen LogP) is 4.61. The summed E-state index contributed by atoms with van der Waals surface area (Å²) in [4.78, 5) is 30.3. The Kier molecular flexibility index (Phi) is 7.36. The Bertz CT molecular complexity index is 1570. The second-order valence-electron chi connectivity index (χ2n) is 10.2. The van der Waals surface area contributed by atoms with Crippen molar-refractivity contribution in [2.24, 2.45) is 5.92 Å². The quantitative estimate of drug-likeness (QED) is 0.401. The average molecular weight is 624 g/mol. The number of nitrogens with zero attached hydrogens (tertiary/aromatic N) is 4. The molecule has 1 aromatic carbocycles. The van der Waals surface area contributed by atoms with Crippen molar-refractivity contribution in [3.8, 4) is 17.0 Å². The second-order valence-corrected chi connectivity index (χ2v) is 10.2. The van der Waals surface area contributed by atoms with Crippen LogP contribution >= 0.6 is 0 Å². The van der Waals surface area contributed by atoms with Gasteiger partial charge in [-0.2, -0.15) is 18.3 Å². The van der Waals surface area contributed by atoms with Crippen LogP contribution in [0, 0.1) is 5.92 Å². The zero-order valence-corrected chi connectivity index (χ0v) is 21.6. The lowest BCUT2D eigenvalue weighted by Gasteiger charge is -2.21. The van der Waals surface area contributed by atoms with Crippen molar-refractivity contribution in [3.63, 3.8) is 0 Å². The Morgan fingerprint density at radius 2 is 1.81 bits per heavy atom. The SMILES string of the molecule is Nc1ncnn2c(-c3ccc(OC(F)(F)F)c(C(=O)N[C@@H]4CN(C(=O)C5CCC(F)(F)C5)C[C@@H]4F)c3)cc(C(F)(F)F)c12. The van der Waals surface area contributed by atoms with Gasteiger partial charge in [0.25, 0.3) is 5.91 Å². The minimum absolute atomic E-state index is 0.109. The Labute approximate surface area is 235 Å². The molecular weight excluding hydrogens is 603 g/mol. The number of nitrogens with two attached hydrogens (primary N) is 1. The highest BCUT2D eigenvalue weighted by atomic mass is 19.4. The number of nitrogen functional groups attached to an aromatic ring is 1. The maximum Gasteiger partial charge on any atom is 0.573 e. The van der Waals surface area contributed by atoms with Gasteiger partial charge < -0.3 is 20.7 Å². The Morgan fingerprint density at radius 1 is 1.09 bits per heavy atom. The van der Waals surface area contributed by atoms with Gasteiger partial charge in [0.2, 0.25) is 11.8 Å².